The third-order valence-electron chi connectivity index (χ3n) is 5.20. The van der Waals surface area contributed by atoms with E-state index in [1.165, 1.54) is 0 Å². The Labute approximate surface area is 116 Å². The number of carbonyl (C=O) groups excluding carboxylic acids is 1. The fourth-order valence-electron chi connectivity index (χ4n) is 3.69. The summed E-state index contributed by atoms with van der Waals surface area (Å²) in [7, 11) is 1.89. The normalized spacial score (nSPS) is 30.9. The van der Waals surface area contributed by atoms with Gasteiger partial charge in [0.2, 0.25) is 5.91 Å². The maximum absolute atomic E-state index is 12.9. The predicted molar refractivity (Wildman–Crippen MR) is 75.9 cm³/mol. The van der Waals surface area contributed by atoms with E-state index in [0.717, 1.165) is 58.0 Å². The number of carbonyl (C=O) groups is 1. The van der Waals surface area contributed by atoms with E-state index in [1.54, 1.807) is 0 Å². The quantitative estimate of drug-likeness (QED) is 0.816. The summed E-state index contributed by atoms with van der Waals surface area (Å²) >= 11 is 0. The number of aliphatic hydroxyl groups excluding tert-OH is 1. The summed E-state index contributed by atoms with van der Waals surface area (Å²) in [5.41, 5.74) is -0.197. The van der Waals surface area contributed by atoms with Gasteiger partial charge in [0.1, 0.15) is 0 Å². The number of hydrogen-bond acceptors (Lipinski definition) is 3. The van der Waals surface area contributed by atoms with E-state index in [4.69, 9.17) is 0 Å². The molecule has 2 N–H and O–H groups in total. The third-order valence-corrected chi connectivity index (χ3v) is 5.20. The highest BCUT2D eigenvalue weighted by Gasteiger charge is 2.42. The highest BCUT2D eigenvalue weighted by atomic mass is 16.3. The molecule has 1 aliphatic carbocycles. The Hall–Kier alpha value is -0.610. The monoisotopic (exact) mass is 268 g/mol. The molecule has 1 amide bonds. The molecule has 2 unspecified atom stereocenters. The Morgan fingerprint density at radius 1 is 1.32 bits per heavy atom. The van der Waals surface area contributed by atoms with E-state index in [9.17, 15) is 9.90 Å². The molecule has 19 heavy (non-hydrogen) atoms. The number of nitrogens with zero attached hydrogens (tertiary/aromatic N) is 1. The second-order valence-electron chi connectivity index (χ2n) is 6.22. The predicted octanol–water partition coefficient (Wildman–Crippen LogP) is 1.53. The number of aliphatic hydroxyl groups is 1. The molecule has 2 rings (SSSR count). The van der Waals surface area contributed by atoms with Crippen molar-refractivity contribution < 1.29 is 9.90 Å². The number of likely N-dealkylation sites (N-methyl/N-ethyl adjacent to an activating group) is 1. The minimum absolute atomic E-state index is 0.0274. The number of rotatable bonds is 3. The van der Waals surface area contributed by atoms with Crippen LogP contribution in [0.15, 0.2) is 0 Å². The van der Waals surface area contributed by atoms with Crippen LogP contribution in [0.4, 0.5) is 0 Å². The van der Waals surface area contributed by atoms with Crippen molar-refractivity contribution in [3.63, 3.8) is 0 Å². The van der Waals surface area contributed by atoms with Gasteiger partial charge in [0.25, 0.3) is 0 Å². The lowest BCUT2D eigenvalue weighted by molar-refractivity contribution is -0.148. The molecule has 1 aliphatic heterocycles. The highest BCUT2D eigenvalue weighted by molar-refractivity contribution is 5.83. The zero-order chi connectivity index (χ0) is 13.9. The number of amides is 1. The van der Waals surface area contributed by atoms with E-state index in [1.807, 2.05) is 11.9 Å². The fourth-order valence-corrected chi connectivity index (χ4v) is 3.69. The van der Waals surface area contributed by atoms with Crippen LogP contribution >= 0.6 is 0 Å². The van der Waals surface area contributed by atoms with Gasteiger partial charge in [-0.3, -0.25) is 4.79 Å². The first kappa shape index (κ1) is 14.8. The smallest absolute Gasteiger partial charge is 0.228 e. The van der Waals surface area contributed by atoms with E-state index < -0.39 is 0 Å². The van der Waals surface area contributed by atoms with Crippen molar-refractivity contribution in [1.29, 1.82) is 0 Å². The maximum Gasteiger partial charge on any atom is 0.228 e. The summed E-state index contributed by atoms with van der Waals surface area (Å²) in [5, 5.41) is 13.5. The summed E-state index contributed by atoms with van der Waals surface area (Å²) in [6.07, 6.45) is 6.41. The summed E-state index contributed by atoms with van der Waals surface area (Å²) in [6, 6.07) is 0.0274. The maximum atomic E-state index is 12.9. The molecule has 4 nitrogen and oxygen atoms in total. The van der Waals surface area contributed by atoms with Crippen LogP contribution in [0.1, 0.15) is 51.9 Å². The van der Waals surface area contributed by atoms with Crippen LogP contribution in [0.2, 0.25) is 0 Å². The Bertz CT molecular complexity index is 313. The van der Waals surface area contributed by atoms with Crippen molar-refractivity contribution in [3.05, 3.63) is 0 Å². The first-order chi connectivity index (χ1) is 9.10. The van der Waals surface area contributed by atoms with Gasteiger partial charge in [-0.1, -0.05) is 19.8 Å². The zero-order valence-electron chi connectivity index (χ0n) is 12.3. The number of hydrogen-bond donors (Lipinski definition) is 2. The largest absolute Gasteiger partial charge is 0.391 e. The summed E-state index contributed by atoms with van der Waals surface area (Å²) < 4.78 is 0. The summed E-state index contributed by atoms with van der Waals surface area (Å²) in [5.74, 6) is 0.252. The van der Waals surface area contributed by atoms with Gasteiger partial charge in [-0.05, 0) is 45.2 Å². The number of piperidine rings is 1. The van der Waals surface area contributed by atoms with Crippen molar-refractivity contribution in [2.75, 3.05) is 20.1 Å². The van der Waals surface area contributed by atoms with Crippen LogP contribution in [-0.2, 0) is 4.79 Å². The Morgan fingerprint density at radius 3 is 2.53 bits per heavy atom. The molecule has 0 aromatic carbocycles. The van der Waals surface area contributed by atoms with Gasteiger partial charge in [0.05, 0.1) is 17.6 Å². The standard InChI is InChI=1S/C15H28N2O2/c1-3-15(8-10-16-11-9-15)14(19)17(2)12-6-4-5-7-13(12)18/h12-13,16,18H,3-11H2,1-2H3. The average Bonchev–Trinajstić information content (AvgIpc) is 2.47. The van der Waals surface area contributed by atoms with Gasteiger partial charge in [-0.15, -0.1) is 0 Å². The molecule has 0 radical (unpaired) electrons. The molecule has 0 aromatic heterocycles. The van der Waals surface area contributed by atoms with Crippen LogP contribution in [0, 0.1) is 5.41 Å². The van der Waals surface area contributed by atoms with Crippen molar-refractivity contribution in [2.24, 2.45) is 5.41 Å². The molecule has 0 spiro atoms. The molecule has 4 heteroatoms. The molecule has 0 bridgehead atoms. The van der Waals surface area contributed by atoms with Crippen LogP contribution in [0.5, 0.6) is 0 Å². The van der Waals surface area contributed by atoms with Gasteiger partial charge in [0, 0.05) is 7.05 Å². The lowest BCUT2D eigenvalue weighted by atomic mass is 9.75. The molecule has 1 saturated heterocycles. The van der Waals surface area contributed by atoms with Crippen molar-refractivity contribution >= 4 is 5.91 Å². The van der Waals surface area contributed by atoms with E-state index in [2.05, 4.69) is 12.2 Å². The van der Waals surface area contributed by atoms with Gasteiger partial charge in [-0.25, -0.2) is 0 Å². The minimum Gasteiger partial charge on any atom is -0.391 e. The van der Waals surface area contributed by atoms with Crippen LogP contribution in [0.25, 0.3) is 0 Å². The first-order valence-electron chi connectivity index (χ1n) is 7.77. The molecule has 110 valence electrons. The highest BCUT2D eigenvalue weighted by Crippen LogP contribution is 2.36. The number of nitrogens with one attached hydrogen (secondary N) is 1. The van der Waals surface area contributed by atoms with Gasteiger partial charge in [-0.2, -0.15) is 0 Å². The Morgan fingerprint density at radius 2 is 1.95 bits per heavy atom. The minimum atomic E-state index is -0.335. The molecule has 2 fully saturated rings. The fraction of sp³-hybridized carbons (Fsp3) is 0.933. The summed E-state index contributed by atoms with van der Waals surface area (Å²) in [4.78, 5) is 14.7. The van der Waals surface area contributed by atoms with Gasteiger partial charge >= 0.3 is 0 Å². The molecule has 0 aromatic rings. The second-order valence-corrected chi connectivity index (χ2v) is 6.22. The SMILES string of the molecule is CCC1(C(=O)N(C)C2CCCCC2O)CCNCC1. The lowest BCUT2D eigenvalue weighted by Crippen LogP contribution is -2.54. The van der Waals surface area contributed by atoms with Crippen LogP contribution in [-0.4, -0.2) is 48.2 Å². The van der Waals surface area contributed by atoms with E-state index in [-0.39, 0.29) is 23.5 Å². The topological polar surface area (TPSA) is 52.6 Å². The van der Waals surface area contributed by atoms with Crippen LogP contribution < -0.4 is 5.32 Å². The molecule has 1 saturated carbocycles. The van der Waals surface area contributed by atoms with E-state index >= 15 is 0 Å². The lowest BCUT2D eigenvalue weighted by Gasteiger charge is -2.43. The second kappa shape index (κ2) is 6.23. The van der Waals surface area contributed by atoms with Gasteiger partial charge in [0.15, 0.2) is 0 Å². The first-order valence-corrected chi connectivity index (χ1v) is 7.77. The third kappa shape index (κ3) is 2.95. The Kier molecular flexibility index (Phi) is 4.85. The zero-order valence-corrected chi connectivity index (χ0v) is 12.3. The molecular formula is C15H28N2O2. The molecular weight excluding hydrogens is 240 g/mol. The van der Waals surface area contributed by atoms with Crippen LogP contribution in [0.3, 0.4) is 0 Å². The van der Waals surface area contributed by atoms with E-state index in [0.29, 0.717) is 0 Å². The van der Waals surface area contributed by atoms with Crippen molar-refractivity contribution in [2.45, 2.75) is 64.0 Å². The van der Waals surface area contributed by atoms with Gasteiger partial charge < -0.3 is 15.3 Å². The van der Waals surface area contributed by atoms with Crippen molar-refractivity contribution in [1.82, 2.24) is 10.2 Å². The average molecular weight is 268 g/mol. The molecule has 2 atom stereocenters. The molecule has 2 aliphatic rings. The summed E-state index contributed by atoms with van der Waals surface area (Å²) in [6.45, 7) is 3.98. The molecule has 1 heterocycles. The van der Waals surface area contributed by atoms with Crippen molar-refractivity contribution in [3.8, 4) is 0 Å². The Balaban J connectivity index is 2.08.